The molecule has 0 radical (unpaired) electrons. The third kappa shape index (κ3) is 4.07. The summed E-state index contributed by atoms with van der Waals surface area (Å²) in [5.74, 6) is -0.746. The van der Waals surface area contributed by atoms with E-state index in [0.717, 1.165) is 16.2 Å². The van der Waals surface area contributed by atoms with Crippen molar-refractivity contribution in [3.05, 3.63) is 87.7 Å². The van der Waals surface area contributed by atoms with Crippen molar-refractivity contribution in [1.82, 2.24) is 0 Å². The highest BCUT2D eigenvalue weighted by molar-refractivity contribution is 9.10. The number of nitrogens with one attached hydrogen (secondary N) is 1. The van der Waals surface area contributed by atoms with Crippen molar-refractivity contribution in [2.45, 2.75) is 4.90 Å². The monoisotopic (exact) mass is 554 g/mol. The second-order valence-electron chi connectivity index (χ2n) is 7.36. The molecule has 5 rings (SSSR count). The summed E-state index contributed by atoms with van der Waals surface area (Å²) in [4.78, 5) is 32.7. The van der Waals surface area contributed by atoms with Crippen molar-refractivity contribution < 1.29 is 18.0 Å². The minimum absolute atomic E-state index is 0.0425. The zero-order valence-corrected chi connectivity index (χ0v) is 20.4. The van der Waals surface area contributed by atoms with Crippen molar-refractivity contribution in [1.29, 1.82) is 0 Å². The largest absolute Gasteiger partial charge is 0.321 e. The maximum absolute atomic E-state index is 13.6. The Bertz CT molecular complexity index is 1520. The number of benzene rings is 3. The molecule has 2 aliphatic heterocycles. The van der Waals surface area contributed by atoms with Gasteiger partial charge >= 0.3 is 0 Å². The number of halogens is 1. The molecule has 1 fully saturated rings. The van der Waals surface area contributed by atoms with Gasteiger partial charge in [-0.1, -0.05) is 34.1 Å². The van der Waals surface area contributed by atoms with Gasteiger partial charge in [0, 0.05) is 15.7 Å². The van der Waals surface area contributed by atoms with E-state index in [-0.39, 0.29) is 27.2 Å². The predicted octanol–water partition coefficient (Wildman–Crippen LogP) is 4.23. The van der Waals surface area contributed by atoms with E-state index in [9.17, 15) is 18.0 Å². The fraction of sp³-hybridized carbons (Fsp3) is 0. The first-order chi connectivity index (χ1) is 16.2. The lowest BCUT2D eigenvalue weighted by atomic mass is 10.1. The standard InChI is InChI=1S/C23H15BrN4O4S2/c24-13-6-11-18-17(12-13)19(21(29)27-18)20-22(30)28(15-4-2-1-3-5-15)23(33-20)26-14-7-9-16(10-8-14)34(25,31)32/h1-12H,(H,27,29)(H2,25,31,32)/b20-19-,26-23-. The van der Waals surface area contributed by atoms with Gasteiger partial charge in [0.15, 0.2) is 5.17 Å². The summed E-state index contributed by atoms with van der Waals surface area (Å²) in [6, 6.07) is 20.0. The van der Waals surface area contributed by atoms with Crippen molar-refractivity contribution >= 4 is 77.3 Å². The number of hydrogen-bond donors (Lipinski definition) is 2. The summed E-state index contributed by atoms with van der Waals surface area (Å²) in [5, 5.41) is 8.30. The van der Waals surface area contributed by atoms with Crippen LogP contribution in [0, 0.1) is 0 Å². The third-order valence-electron chi connectivity index (χ3n) is 5.14. The molecule has 2 amide bonds. The zero-order chi connectivity index (χ0) is 24.0. The Balaban J connectivity index is 1.64. The molecule has 0 aromatic heterocycles. The van der Waals surface area contributed by atoms with E-state index >= 15 is 0 Å². The highest BCUT2D eigenvalue weighted by Gasteiger charge is 2.41. The molecule has 34 heavy (non-hydrogen) atoms. The lowest BCUT2D eigenvalue weighted by molar-refractivity contribution is -0.114. The van der Waals surface area contributed by atoms with Crippen LogP contribution in [-0.4, -0.2) is 25.4 Å². The van der Waals surface area contributed by atoms with Crippen molar-refractivity contribution in [3.8, 4) is 0 Å². The second-order valence-corrected chi connectivity index (χ2v) is 10.8. The maximum Gasteiger partial charge on any atom is 0.272 e. The number of amidine groups is 1. The molecule has 3 N–H and O–H groups in total. The second kappa shape index (κ2) is 8.51. The Morgan fingerprint density at radius 3 is 2.35 bits per heavy atom. The average molecular weight is 555 g/mol. The number of sulfonamides is 1. The van der Waals surface area contributed by atoms with E-state index < -0.39 is 10.0 Å². The number of fused-ring (bicyclic) bond motifs is 1. The van der Waals surface area contributed by atoms with E-state index in [1.807, 2.05) is 12.1 Å². The first-order valence-corrected chi connectivity index (χ1v) is 13.0. The molecule has 0 spiro atoms. The van der Waals surface area contributed by atoms with Gasteiger partial charge in [0.05, 0.1) is 26.7 Å². The minimum atomic E-state index is -3.84. The van der Waals surface area contributed by atoms with E-state index in [2.05, 4.69) is 26.2 Å². The van der Waals surface area contributed by atoms with Gasteiger partial charge in [0.25, 0.3) is 11.8 Å². The minimum Gasteiger partial charge on any atom is -0.321 e. The number of para-hydroxylation sites is 1. The fourth-order valence-electron chi connectivity index (χ4n) is 3.59. The van der Waals surface area contributed by atoms with Crippen molar-refractivity contribution in [2.24, 2.45) is 10.1 Å². The molecule has 0 atom stereocenters. The number of thioether (sulfide) groups is 1. The van der Waals surface area contributed by atoms with Gasteiger partial charge in [-0.15, -0.1) is 0 Å². The molecule has 2 aliphatic rings. The van der Waals surface area contributed by atoms with Gasteiger partial charge in [-0.05, 0) is 66.4 Å². The highest BCUT2D eigenvalue weighted by atomic mass is 79.9. The van der Waals surface area contributed by atoms with Gasteiger partial charge in [-0.3, -0.25) is 14.5 Å². The predicted molar refractivity (Wildman–Crippen MR) is 136 cm³/mol. The summed E-state index contributed by atoms with van der Waals surface area (Å²) < 4.78 is 23.9. The fourth-order valence-corrected chi connectivity index (χ4v) is 5.56. The lowest BCUT2D eigenvalue weighted by Crippen LogP contribution is -2.29. The Morgan fingerprint density at radius 1 is 0.971 bits per heavy atom. The van der Waals surface area contributed by atoms with E-state index in [1.165, 1.54) is 29.2 Å². The van der Waals surface area contributed by atoms with Gasteiger partial charge in [0.2, 0.25) is 10.0 Å². The van der Waals surface area contributed by atoms with Crippen LogP contribution in [0.1, 0.15) is 5.56 Å². The Labute approximate surface area is 207 Å². The van der Waals surface area contributed by atoms with Crippen LogP contribution in [-0.2, 0) is 19.6 Å². The number of amides is 2. The number of rotatable bonds is 3. The lowest BCUT2D eigenvalue weighted by Gasteiger charge is -2.15. The quantitative estimate of drug-likeness (QED) is 0.469. The molecule has 0 saturated carbocycles. The van der Waals surface area contributed by atoms with Crippen LogP contribution in [0.5, 0.6) is 0 Å². The highest BCUT2D eigenvalue weighted by Crippen LogP contribution is 2.44. The number of primary sulfonamides is 1. The molecule has 0 aliphatic carbocycles. The smallest absolute Gasteiger partial charge is 0.272 e. The Kier molecular flexibility index (Phi) is 5.64. The van der Waals surface area contributed by atoms with Crippen LogP contribution in [0.15, 0.2) is 92.1 Å². The molecule has 3 aromatic rings. The zero-order valence-electron chi connectivity index (χ0n) is 17.2. The van der Waals surface area contributed by atoms with Gasteiger partial charge in [0.1, 0.15) is 0 Å². The molecule has 2 heterocycles. The number of carbonyl (C=O) groups is 2. The Hall–Kier alpha value is -3.25. The first-order valence-electron chi connectivity index (χ1n) is 9.87. The summed E-state index contributed by atoms with van der Waals surface area (Å²) in [7, 11) is -3.84. The van der Waals surface area contributed by atoms with Crippen molar-refractivity contribution in [2.75, 3.05) is 10.2 Å². The average Bonchev–Trinajstić information content (AvgIpc) is 3.28. The van der Waals surface area contributed by atoms with Crippen LogP contribution in [0.3, 0.4) is 0 Å². The molecular weight excluding hydrogens is 540 g/mol. The van der Waals surface area contributed by atoms with Crippen molar-refractivity contribution in [3.63, 3.8) is 0 Å². The molecule has 170 valence electrons. The molecule has 8 nitrogen and oxygen atoms in total. The summed E-state index contributed by atoms with van der Waals surface area (Å²) in [6.07, 6.45) is 0. The number of carbonyl (C=O) groups excluding carboxylic acids is 2. The van der Waals surface area contributed by atoms with Crippen LogP contribution in [0.2, 0.25) is 0 Å². The topological polar surface area (TPSA) is 122 Å². The van der Waals surface area contributed by atoms with Gasteiger partial charge < -0.3 is 5.32 Å². The number of nitrogens with two attached hydrogens (primary N) is 1. The molecule has 11 heteroatoms. The van der Waals surface area contributed by atoms with E-state index in [1.54, 1.807) is 36.4 Å². The molecule has 1 saturated heterocycles. The van der Waals surface area contributed by atoms with Crippen LogP contribution >= 0.6 is 27.7 Å². The van der Waals surface area contributed by atoms with E-state index in [4.69, 9.17) is 5.14 Å². The number of hydrogen-bond acceptors (Lipinski definition) is 6. The summed E-state index contributed by atoms with van der Waals surface area (Å²) >= 11 is 4.50. The van der Waals surface area contributed by atoms with Gasteiger partial charge in [-0.2, -0.15) is 0 Å². The van der Waals surface area contributed by atoms with Crippen LogP contribution in [0.25, 0.3) is 5.57 Å². The summed E-state index contributed by atoms with van der Waals surface area (Å²) in [5.41, 5.74) is 2.54. The third-order valence-corrected chi connectivity index (χ3v) is 7.60. The molecule has 0 bridgehead atoms. The number of anilines is 2. The molecule has 3 aromatic carbocycles. The molecular formula is C23H15BrN4O4S2. The Morgan fingerprint density at radius 2 is 1.68 bits per heavy atom. The number of nitrogens with zero attached hydrogens (tertiary/aromatic N) is 2. The van der Waals surface area contributed by atoms with Crippen LogP contribution in [0.4, 0.5) is 17.1 Å². The SMILES string of the molecule is NS(=O)(=O)c1ccc(/N=C2\S/C(=C3\C(=O)Nc4ccc(Br)cc43)C(=O)N2c2ccccc2)cc1. The number of aliphatic imine (C=N–C) groups is 1. The van der Waals surface area contributed by atoms with Crippen LogP contribution < -0.4 is 15.4 Å². The maximum atomic E-state index is 13.6. The molecule has 0 unspecified atom stereocenters. The van der Waals surface area contributed by atoms with E-state index in [0.29, 0.717) is 27.8 Å². The van der Waals surface area contributed by atoms with Gasteiger partial charge in [-0.25, -0.2) is 18.5 Å². The normalized spacial score (nSPS) is 19.0. The summed E-state index contributed by atoms with van der Waals surface area (Å²) in [6.45, 7) is 0. The first kappa shape index (κ1) is 22.5.